The average molecular weight is 273 g/mol. The van der Waals surface area contributed by atoms with Gasteiger partial charge in [0.25, 0.3) is 0 Å². The van der Waals surface area contributed by atoms with Crippen molar-refractivity contribution in [3.8, 4) is 11.4 Å². The molecule has 6 heteroatoms. The van der Waals surface area contributed by atoms with E-state index in [0.29, 0.717) is 12.4 Å². The Kier molecular flexibility index (Phi) is 4.81. The standard InChI is InChI=1S/C14H19N5O/c1-3-4-9-15-13(20)10-19-17-14(16-18-19)12-7-5-11(2)6-8-12/h5-8H,3-4,9-10H2,1-2H3,(H,15,20). The number of benzene rings is 1. The van der Waals surface area contributed by atoms with Crippen molar-refractivity contribution in [2.45, 2.75) is 33.2 Å². The van der Waals surface area contributed by atoms with Crippen LogP contribution in [0.5, 0.6) is 0 Å². The van der Waals surface area contributed by atoms with Crippen LogP contribution in [-0.4, -0.2) is 32.7 Å². The second kappa shape index (κ2) is 6.79. The quantitative estimate of drug-likeness (QED) is 0.811. The van der Waals surface area contributed by atoms with E-state index in [-0.39, 0.29) is 12.5 Å². The first-order chi connectivity index (χ1) is 9.69. The number of nitrogens with one attached hydrogen (secondary N) is 1. The van der Waals surface area contributed by atoms with Gasteiger partial charge in [-0.15, -0.1) is 10.2 Å². The van der Waals surface area contributed by atoms with Crippen LogP contribution in [-0.2, 0) is 11.3 Å². The fourth-order valence-electron chi connectivity index (χ4n) is 1.72. The number of unbranched alkanes of at least 4 members (excludes halogenated alkanes) is 1. The minimum atomic E-state index is -0.0914. The van der Waals surface area contributed by atoms with E-state index in [4.69, 9.17) is 0 Å². The second-order valence-electron chi connectivity index (χ2n) is 4.71. The molecule has 1 N–H and O–H groups in total. The molecule has 6 nitrogen and oxygen atoms in total. The first-order valence-corrected chi connectivity index (χ1v) is 6.80. The molecule has 0 atom stereocenters. The maximum Gasteiger partial charge on any atom is 0.243 e. The number of aryl methyl sites for hydroxylation is 1. The van der Waals surface area contributed by atoms with Crippen molar-refractivity contribution >= 4 is 5.91 Å². The minimum absolute atomic E-state index is 0.0914. The Hall–Kier alpha value is -2.24. The van der Waals surface area contributed by atoms with Crippen LogP contribution in [0.15, 0.2) is 24.3 Å². The van der Waals surface area contributed by atoms with Crippen molar-refractivity contribution in [2.24, 2.45) is 0 Å². The Morgan fingerprint density at radius 3 is 2.75 bits per heavy atom. The van der Waals surface area contributed by atoms with Crippen LogP contribution in [0.1, 0.15) is 25.3 Å². The van der Waals surface area contributed by atoms with Gasteiger partial charge in [-0.1, -0.05) is 43.2 Å². The molecule has 0 bridgehead atoms. The zero-order chi connectivity index (χ0) is 14.4. The maximum atomic E-state index is 11.6. The van der Waals surface area contributed by atoms with Gasteiger partial charge in [0.05, 0.1) is 0 Å². The van der Waals surface area contributed by atoms with Gasteiger partial charge in [-0.25, -0.2) is 0 Å². The summed E-state index contributed by atoms with van der Waals surface area (Å²) < 4.78 is 0. The van der Waals surface area contributed by atoms with Gasteiger partial charge in [-0.3, -0.25) is 4.79 Å². The van der Waals surface area contributed by atoms with Crippen LogP contribution in [0.2, 0.25) is 0 Å². The van der Waals surface area contributed by atoms with E-state index in [0.717, 1.165) is 18.4 Å². The number of carbonyl (C=O) groups is 1. The molecule has 1 amide bonds. The SMILES string of the molecule is CCCCNC(=O)Cn1nnc(-c2ccc(C)cc2)n1. The highest BCUT2D eigenvalue weighted by atomic mass is 16.2. The van der Waals surface area contributed by atoms with Crippen LogP contribution in [0.25, 0.3) is 11.4 Å². The first-order valence-electron chi connectivity index (χ1n) is 6.80. The highest BCUT2D eigenvalue weighted by molar-refractivity contribution is 5.75. The summed E-state index contributed by atoms with van der Waals surface area (Å²) in [6.07, 6.45) is 2.03. The van der Waals surface area contributed by atoms with Crippen molar-refractivity contribution in [2.75, 3.05) is 6.54 Å². The third kappa shape index (κ3) is 3.88. The number of tetrazole rings is 1. The molecule has 0 aliphatic rings. The van der Waals surface area contributed by atoms with Gasteiger partial charge >= 0.3 is 0 Å². The van der Waals surface area contributed by atoms with Gasteiger partial charge < -0.3 is 5.32 Å². The Balaban J connectivity index is 1.95. The zero-order valence-electron chi connectivity index (χ0n) is 11.8. The van der Waals surface area contributed by atoms with Crippen LogP contribution < -0.4 is 5.32 Å². The monoisotopic (exact) mass is 273 g/mol. The zero-order valence-corrected chi connectivity index (χ0v) is 11.8. The fraction of sp³-hybridized carbons (Fsp3) is 0.429. The van der Waals surface area contributed by atoms with Crippen LogP contribution in [0, 0.1) is 6.92 Å². The molecular formula is C14H19N5O. The van der Waals surface area contributed by atoms with Crippen molar-refractivity contribution in [3.63, 3.8) is 0 Å². The summed E-state index contributed by atoms with van der Waals surface area (Å²) in [5, 5.41) is 14.9. The molecule has 0 aliphatic carbocycles. The van der Waals surface area contributed by atoms with Gasteiger partial charge in [0.1, 0.15) is 6.54 Å². The van der Waals surface area contributed by atoms with Crippen molar-refractivity contribution in [3.05, 3.63) is 29.8 Å². The molecule has 1 aromatic carbocycles. The van der Waals surface area contributed by atoms with E-state index in [9.17, 15) is 4.79 Å². The van der Waals surface area contributed by atoms with Crippen molar-refractivity contribution in [1.82, 2.24) is 25.5 Å². The molecule has 2 rings (SSSR count). The van der Waals surface area contributed by atoms with Gasteiger partial charge in [-0.2, -0.15) is 4.80 Å². The lowest BCUT2D eigenvalue weighted by Gasteiger charge is -2.02. The Labute approximate surface area is 118 Å². The van der Waals surface area contributed by atoms with Gasteiger partial charge in [0, 0.05) is 12.1 Å². The second-order valence-corrected chi connectivity index (χ2v) is 4.71. The first kappa shape index (κ1) is 14.2. The third-order valence-corrected chi connectivity index (χ3v) is 2.90. The molecule has 106 valence electrons. The summed E-state index contributed by atoms with van der Waals surface area (Å²) in [7, 11) is 0. The van der Waals surface area contributed by atoms with Crippen LogP contribution in [0.4, 0.5) is 0 Å². The molecule has 0 fully saturated rings. The largest absolute Gasteiger partial charge is 0.354 e. The van der Waals surface area contributed by atoms with E-state index in [1.807, 2.05) is 31.2 Å². The van der Waals surface area contributed by atoms with E-state index in [1.54, 1.807) is 0 Å². The number of amides is 1. The Morgan fingerprint density at radius 1 is 1.30 bits per heavy atom. The fourth-order valence-corrected chi connectivity index (χ4v) is 1.72. The number of carbonyl (C=O) groups excluding carboxylic acids is 1. The molecule has 0 saturated carbocycles. The molecule has 1 heterocycles. The van der Waals surface area contributed by atoms with Crippen LogP contribution >= 0.6 is 0 Å². The summed E-state index contributed by atoms with van der Waals surface area (Å²) in [6, 6.07) is 7.87. The average Bonchev–Trinajstić information content (AvgIpc) is 2.88. The topological polar surface area (TPSA) is 72.7 Å². The normalized spacial score (nSPS) is 10.5. The van der Waals surface area contributed by atoms with E-state index < -0.39 is 0 Å². The Bertz CT molecular complexity index is 561. The number of nitrogens with zero attached hydrogens (tertiary/aromatic N) is 4. The van der Waals surface area contributed by atoms with Crippen molar-refractivity contribution in [1.29, 1.82) is 0 Å². The number of hydrogen-bond acceptors (Lipinski definition) is 4. The van der Waals surface area contributed by atoms with E-state index in [1.165, 1.54) is 10.4 Å². The lowest BCUT2D eigenvalue weighted by molar-refractivity contribution is -0.122. The van der Waals surface area contributed by atoms with E-state index in [2.05, 4.69) is 27.7 Å². The molecular weight excluding hydrogens is 254 g/mol. The van der Waals surface area contributed by atoms with Gasteiger partial charge in [0.15, 0.2) is 0 Å². The molecule has 2 aromatic rings. The predicted octanol–water partition coefficient (Wildman–Crippen LogP) is 1.56. The molecule has 0 saturated heterocycles. The highest BCUT2D eigenvalue weighted by Crippen LogP contribution is 2.13. The molecule has 0 unspecified atom stereocenters. The third-order valence-electron chi connectivity index (χ3n) is 2.90. The summed E-state index contributed by atoms with van der Waals surface area (Å²) in [5.74, 6) is 0.442. The van der Waals surface area contributed by atoms with E-state index >= 15 is 0 Å². The summed E-state index contributed by atoms with van der Waals surface area (Å²) in [5.41, 5.74) is 2.07. The molecule has 0 spiro atoms. The summed E-state index contributed by atoms with van der Waals surface area (Å²) >= 11 is 0. The molecule has 0 aliphatic heterocycles. The summed E-state index contributed by atoms with van der Waals surface area (Å²) in [4.78, 5) is 13.0. The maximum absolute atomic E-state index is 11.6. The minimum Gasteiger partial charge on any atom is -0.354 e. The molecule has 1 aromatic heterocycles. The number of hydrogen-bond donors (Lipinski definition) is 1. The van der Waals surface area contributed by atoms with Gasteiger partial charge in [-0.05, 0) is 18.6 Å². The molecule has 20 heavy (non-hydrogen) atoms. The lowest BCUT2D eigenvalue weighted by Crippen LogP contribution is -2.29. The highest BCUT2D eigenvalue weighted by Gasteiger charge is 2.08. The smallest absolute Gasteiger partial charge is 0.243 e. The predicted molar refractivity (Wildman–Crippen MR) is 75.9 cm³/mol. The van der Waals surface area contributed by atoms with Crippen LogP contribution in [0.3, 0.4) is 0 Å². The number of aromatic nitrogens is 4. The summed E-state index contributed by atoms with van der Waals surface area (Å²) in [6.45, 7) is 4.89. The Morgan fingerprint density at radius 2 is 2.05 bits per heavy atom. The lowest BCUT2D eigenvalue weighted by atomic mass is 10.1. The van der Waals surface area contributed by atoms with Crippen molar-refractivity contribution < 1.29 is 4.79 Å². The molecule has 0 radical (unpaired) electrons. The number of rotatable bonds is 6. The van der Waals surface area contributed by atoms with Gasteiger partial charge in [0.2, 0.25) is 11.7 Å².